The second kappa shape index (κ2) is 4.63. The zero-order valence-corrected chi connectivity index (χ0v) is 10.5. The summed E-state index contributed by atoms with van der Waals surface area (Å²) in [6.45, 7) is 3.75. The van der Waals surface area contributed by atoms with Crippen LogP contribution < -0.4 is 11.3 Å². The van der Waals surface area contributed by atoms with Crippen molar-refractivity contribution in [2.45, 2.75) is 23.9 Å². The number of benzene rings is 1. The number of aromatic amines is 1. The van der Waals surface area contributed by atoms with E-state index in [1.165, 1.54) is 17.8 Å². The molecule has 17 heavy (non-hydrogen) atoms. The van der Waals surface area contributed by atoms with Crippen LogP contribution in [0.4, 0.5) is 5.69 Å². The van der Waals surface area contributed by atoms with E-state index in [-0.39, 0.29) is 5.56 Å². The third kappa shape index (κ3) is 2.88. The smallest absolute Gasteiger partial charge is 0.251 e. The number of nitrogen functional groups attached to an aromatic ring is 1. The Morgan fingerprint density at radius 1 is 1.29 bits per heavy atom. The highest BCUT2D eigenvalue weighted by Crippen LogP contribution is 2.26. The van der Waals surface area contributed by atoms with Crippen LogP contribution in [-0.2, 0) is 0 Å². The Morgan fingerprint density at radius 3 is 2.71 bits per heavy atom. The third-order valence-corrected chi connectivity index (χ3v) is 3.18. The number of rotatable bonds is 2. The third-order valence-electron chi connectivity index (χ3n) is 2.30. The molecule has 5 heteroatoms. The minimum Gasteiger partial charge on any atom is -0.399 e. The minimum atomic E-state index is -0.132. The van der Waals surface area contributed by atoms with E-state index >= 15 is 0 Å². The molecule has 0 aliphatic heterocycles. The second-order valence-corrected chi connectivity index (χ2v) is 4.87. The van der Waals surface area contributed by atoms with Crippen molar-refractivity contribution in [2.75, 3.05) is 5.73 Å². The van der Waals surface area contributed by atoms with E-state index in [0.717, 1.165) is 16.1 Å². The fourth-order valence-corrected chi connectivity index (χ4v) is 2.36. The summed E-state index contributed by atoms with van der Waals surface area (Å²) >= 11 is 1.42. The maximum atomic E-state index is 11.3. The number of aryl methyl sites for hydroxylation is 2. The van der Waals surface area contributed by atoms with E-state index in [2.05, 4.69) is 9.97 Å². The number of hydrogen-bond acceptors (Lipinski definition) is 4. The number of nitrogens with zero attached hydrogens (tertiary/aromatic N) is 1. The van der Waals surface area contributed by atoms with E-state index in [9.17, 15) is 4.79 Å². The fraction of sp³-hybridized carbons (Fsp3) is 0.167. The maximum Gasteiger partial charge on any atom is 0.251 e. The van der Waals surface area contributed by atoms with Gasteiger partial charge in [0.25, 0.3) is 5.56 Å². The van der Waals surface area contributed by atoms with Crippen molar-refractivity contribution in [1.29, 1.82) is 0 Å². The maximum absolute atomic E-state index is 11.3. The predicted octanol–water partition coefficient (Wildman–Crippen LogP) is 2.12. The summed E-state index contributed by atoms with van der Waals surface area (Å²) in [5, 5.41) is 0.596. The molecule has 1 aromatic carbocycles. The zero-order valence-electron chi connectivity index (χ0n) is 9.65. The van der Waals surface area contributed by atoms with Crippen LogP contribution in [0.25, 0.3) is 0 Å². The molecule has 0 amide bonds. The van der Waals surface area contributed by atoms with Crippen molar-refractivity contribution in [3.63, 3.8) is 0 Å². The monoisotopic (exact) mass is 247 g/mol. The van der Waals surface area contributed by atoms with Crippen molar-refractivity contribution < 1.29 is 0 Å². The molecular formula is C12H13N3OS. The van der Waals surface area contributed by atoms with Gasteiger partial charge in [-0.3, -0.25) is 4.79 Å². The van der Waals surface area contributed by atoms with Crippen molar-refractivity contribution in [2.24, 2.45) is 0 Å². The Hall–Kier alpha value is -1.75. The lowest BCUT2D eigenvalue weighted by Gasteiger charge is -2.04. The summed E-state index contributed by atoms with van der Waals surface area (Å²) in [6.07, 6.45) is 0. The molecule has 0 aliphatic carbocycles. The fourth-order valence-electron chi connectivity index (χ4n) is 1.42. The van der Waals surface area contributed by atoms with Gasteiger partial charge in [-0.1, -0.05) is 11.8 Å². The van der Waals surface area contributed by atoms with Gasteiger partial charge >= 0.3 is 0 Å². The average Bonchev–Trinajstić information content (AvgIpc) is 2.22. The lowest BCUT2D eigenvalue weighted by molar-refractivity contribution is 0.905. The first-order valence-corrected chi connectivity index (χ1v) is 5.98. The first kappa shape index (κ1) is 11.7. The summed E-state index contributed by atoms with van der Waals surface area (Å²) in [6, 6.07) is 7.21. The molecule has 1 heterocycles. The number of nitrogens with two attached hydrogens (primary N) is 1. The molecule has 2 rings (SSSR count). The van der Waals surface area contributed by atoms with Crippen molar-refractivity contribution in [3.05, 3.63) is 45.9 Å². The highest BCUT2D eigenvalue weighted by molar-refractivity contribution is 7.99. The van der Waals surface area contributed by atoms with Gasteiger partial charge in [0.05, 0.1) is 0 Å². The second-order valence-electron chi connectivity index (χ2n) is 3.81. The molecule has 88 valence electrons. The molecule has 0 saturated carbocycles. The highest BCUT2D eigenvalue weighted by Gasteiger charge is 2.03. The van der Waals surface area contributed by atoms with Gasteiger partial charge in [0.2, 0.25) is 0 Å². The molecule has 0 unspecified atom stereocenters. The van der Waals surface area contributed by atoms with Crippen molar-refractivity contribution >= 4 is 17.4 Å². The molecule has 3 N–H and O–H groups in total. The summed E-state index contributed by atoms with van der Waals surface area (Å²) < 4.78 is 0. The van der Waals surface area contributed by atoms with Crippen molar-refractivity contribution in [1.82, 2.24) is 9.97 Å². The molecule has 0 radical (unpaired) electrons. The predicted molar refractivity (Wildman–Crippen MR) is 69.3 cm³/mol. The molecule has 0 fully saturated rings. The number of hydrogen-bond donors (Lipinski definition) is 2. The van der Waals surface area contributed by atoms with Crippen LogP contribution in [0.15, 0.2) is 39.1 Å². The molecule has 1 aromatic heterocycles. The molecule has 4 nitrogen and oxygen atoms in total. The van der Waals surface area contributed by atoms with Gasteiger partial charge in [-0.25, -0.2) is 4.98 Å². The Balaban J connectivity index is 2.31. The van der Waals surface area contributed by atoms with E-state index in [1.54, 1.807) is 6.92 Å². The highest BCUT2D eigenvalue weighted by atomic mass is 32.2. The van der Waals surface area contributed by atoms with Crippen LogP contribution in [0.2, 0.25) is 0 Å². The van der Waals surface area contributed by atoms with E-state index in [4.69, 9.17) is 5.73 Å². The van der Waals surface area contributed by atoms with Crippen LogP contribution in [0.5, 0.6) is 0 Å². The first-order valence-electron chi connectivity index (χ1n) is 5.16. The van der Waals surface area contributed by atoms with E-state index in [1.807, 2.05) is 25.1 Å². The molecular weight excluding hydrogens is 234 g/mol. The number of anilines is 1. The van der Waals surface area contributed by atoms with Crippen LogP contribution in [0, 0.1) is 13.8 Å². The number of nitrogens with one attached hydrogen (secondary N) is 1. The number of aromatic nitrogens is 2. The van der Waals surface area contributed by atoms with Gasteiger partial charge in [-0.05, 0) is 37.6 Å². The summed E-state index contributed by atoms with van der Waals surface area (Å²) in [7, 11) is 0. The molecule has 0 saturated heterocycles. The molecule has 0 spiro atoms. The van der Waals surface area contributed by atoms with Crippen LogP contribution in [0.3, 0.4) is 0 Å². The lowest BCUT2D eigenvalue weighted by atomic mass is 10.2. The van der Waals surface area contributed by atoms with Gasteiger partial charge < -0.3 is 10.7 Å². The lowest BCUT2D eigenvalue weighted by Crippen LogP contribution is -2.07. The quantitative estimate of drug-likeness (QED) is 0.630. The Labute approximate surface area is 103 Å². The standard InChI is InChI=1S/C12H13N3OS/c1-7-5-9(3-4-10(7)13)17-12-14-8(2)6-11(16)15-12/h3-6H,13H2,1-2H3,(H,14,15,16). The van der Waals surface area contributed by atoms with Gasteiger partial charge in [-0.15, -0.1) is 0 Å². The molecule has 0 aliphatic rings. The summed E-state index contributed by atoms with van der Waals surface area (Å²) in [5.74, 6) is 0. The van der Waals surface area contributed by atoms with Crippen LogP contribution in [0.1, 0.15) is 11.3 Å². The van der Waals surface area contributed by atoms with E-state index < -0.39 is 0 Å². The molecule has 2 aromatic rings. The topological polar surface area (TPSA) is 71.8 Å². The summed E-state index contributed by atoms with van der Waals surface area (Å²) in [4.78, 5) is 19.3. The molecule has 0 atom stereocenters. The van der Waals surface area contributed by atoms with Crippen LogP contribution >= 0.6 is 11.8 Å². The normalized spacial score (nSPS) is 10.5. The van der Waals surface area contributed by atoms with Gasteiger partial charge in [0, 0.05) is 22.3 Å². The Kier molecular flexibility index (Phi) is 3.19. The molecule has 0 bridgehead atoms. The summed E-state index contributed by atoms with van der Waals surface area (Å²) in [5.41, 5.74) is 8.11. The average molecular weight is 247 g/mol. The van der Waals surface area contributed by atoms with Gasteiger partial charge in [-0.2, -0.15) is 0 Å². The SMILES string of the molecule is Cc1cc(=O)[nH]c(Sc2ccc(N)c(C)c2)n1. The van der Waals surface area contributed by atoms with Crippen LogP contribution in [-0.4, -0.2) is 9.97 Å². The largest absolute Gasteiger partial charge is 0.399 e. The minimum absolute atomic E-state index is 0.132. The Bertz CT molecular complexity index is 607. The van der Waals surface area contributed by atoms with Crippen molar-refractivity contribution in [3.8, 4) is 0 Å². The zero-order chi connectivity index (χ0) is 12.4. The van der Waals surface area contributed by atoms with E-state index in [0.29, 0.717) is 10.9 Å². The van der Waals surface area contributed by atoms with Gasteiger partial charge in [0.1, 0.15) is 0 Å². The first-order chi connectivity index (χ1) is 8.04. The Morgan fingerprint density at radius 2 is 2.06 bits per heavy atom. The number of H-pyrrole nitrogens is 1. The van der Waals surface area contributed by atoms with Gasteiger partial charge in [0.15, 0.2) is 5.16 Å².